The lowest BCUT2D eigenvalue weighted by atomic mass is 9.82. The van der Waals surface area contributed by atoms with Gasteiger partial charge in [0.25, 0.3) is 5.91 Å². The number of nitrogens with one attached hydrogen (secondary N) is 1. The first-order valence-corrected chi connectivity index (χ1v) is 9.39. The van der Waals surface area contributed by atoms with Gasteiger partial charge in [-0.05, 0) is 50.7 Å². The van der Waals surface area contributed by atoms with Crippen molar-refractivity contribution in [3.05, 3.63) is 52.8 Å². The number of benzene rings is 1. The number of pyridine rings is 1. The van der Waals surface area contributed by atoms with Crippen molar-refractivity contribution in [2.75, 3.05) is 18.9 Å². The molecule has 0 fully saturated rings. The normalized spacial score (nSPS) is 15.1. The minimum Gasteiger partial charge on any atom is -0.490 e. The highest BCUT2D eigenvalue weighted by atomic mass is 35.5. The number of hydrogen-bond donors (Lipinski definition) is 1. The zero-order chi connectivity index (χ0) is 20.5. The number of likely N-dealkylation sites (N-methyl/N-ethyl adjacent to an activating group) is 1. The Morgan fingerprint density at radius 1 is 1.34 bits per heavy atom. The highest BCUT2D eigenvalue weighted by molar-refractivity contribution is 6.04. The summed E-state index contributed by atoms with van der Waals surface area (Å²) in [4.78, 5) is 19.5. The summed E-state index contributed by atoms with van der Waals surface area (Å²) in [6.07, 6.45) is 1.65. The Labute approximate surface area is 178 Å². The minimum atomic E-state index is -0.280. The maximum Gasteiger partial charge on any atom is 0.255 e. The average Bonchev–Trinajstić information content (AvgIpc) is 2.60. The maximum atomic E-state index is 12.7. The minimum absolute atomic E-state index is 0. The number of aromatic nitrogens is 1. The summed E-state index contributed by atoms with van der Waals surface area (Å²) >= 11 is 0. The number of amides is 1. The largest absolute Gasteiger partial charge is 0.490 e. The van der Waals surface area contributed by atoms with E-state index in [1.165, 1.54) is 0 Å². The van der Waals surface area contributed by atoms with Crippen molar-refractivity contribution in [2.45, 2.75) is 45.8 Å². The smallest absolute Gasteiger partial charge is 0.255 e. The molecule has 3 rings (SSSR count). The molecule has 29 heavy (non-hydrogen) atoms. The van der Waals surface area contributed by atoms with Gasteiger partial charge >= 0.3 is 0 Å². The Balaban J connectivity index is 0.00000300. The lowest BCUT2D eigenvalue weighted by molar-refractivity contribution is 0.102. The van der Waals surface area contributed by atoms with Crippen LogP contribution in [0.3, 0.4) is 0 Å². The van der Waals surface area contributed by atoms with Crippen molar-refractivity contribution in [3.8, 4) is 11.8 Å². The van der Waals surface area contributed by atoms with Crippen LogP contribution in [0.1, 0.15) is 54.9 Å². The number of carbonyl (C=O) groups is 1. The number of rotatable bonds is 4. The third-order valence-electron chi connectivity index (χ3n) is 4.70. The second-order valence-corrected chi connectivity index (χ2v) is 8.23. The molecular formula is C22H27ClN4O2. The maximum absolute atomic E-state index is 12.7. The molecule has 1 aliphatic rings. The number of carbonyl (C=O) groups excluding carboxylic acids is 1. The number of ether oxygens (including phenoxy) is 1. The van der Waals surface area contributed by atoms with Crippen LogP contribution in [0, 0.1) is 11.3 Å². The van der Waals surface area contributed by atoms with Crippen LogP contribution in [0.2, 0.25) is 0 Å². The van der Waals surface area contributed by atoms with Gasteiger partial charge in [0.05, 0.1) is 29.2 Å². The second-order valence-electron chi connectivity index (χ2n) is 8.23. The molecule has 0 bridgehead atoms. The van der Waals surface area contributed by atoms with Crippen LogP contribution in [-0.4, -0.2) is 35.5 Å². The van der Waals surface area contributed by atoms with Gasteiger partial charge in [-0.25, -0.2) is 0 Å². The highest BCUT2D eigenvalue weighted by Crippen LogP contribution is 2.32. The fourth-order valence-electron chi connectivity index (χ4n) is 3.72. The molecule has 0 saturated carbocycles. The van der Waals surface area contributed by atoms with Gasteiger partial charge in [-0.2, -0.15) is 5.26 Å². The van der Waals surface area contributed by atoms with E-state index in [-0.39, 0.29) is 29.8 Å². The second kappa shape index (κ2) is 8.81. The Morgan fingerprint density at radius 2 is 2.07 bits per heavy atom. The van der Waals surface area contributed by atoms with Gasteiger partial charge < -0.3 is 15.0 Å². The monoisotopic (exact) mass is 414 g/mol. The number of nitrogens with zero attached hydrogens (tertiary/aromatic N) is 3. The molecule has 0 radical (unpaired) electrons. The fraction of sp³-hybridized carbons (Fsp3) is 0.409. The van der Waals surface area contributed by atoms with Gasteiger partial charge in [0.2, 0.25) is 0 Å². The topological polar surface area (TPSA) is 78.2 Å². The lowest BCUT2D eigenvalue weighted by Crippen LogP contribution is -2.40. The molecule has 1 aromatic heterocycles. The molecule has 1 N–H and O–H groups in total. The number of anilines is 1. The Kier molecular flexibility index (Phi) is 6.89. The molecule has 1 aromatic carbocycles. The summed E-state index contributed by atoms with van der Waals surface area (Å²) < 4.78 is 5.61. The number of fused-ring (bicyclic) bond motifs is 1. The summed E-state index contributed by atoms with van der Waals surface area (Å²) in [6, 6.07) is 8.95. The molecule has 6 nitrogen and oxygen atoms in total. The Bertz CT molecular complexity index is 950. The number of nitriles is 1. The van der Waals surface area contributed by atoms with Gasteiger partial charge in [0.1, 0.15) is 11.8 Å². The predicted octanol–water partition coefficient (Wildman–Crippen LogP) is 4.14. The van der Waals surface area contributed by atoms with E-state index in [1.54, 1.807) is 24.4 Å². The van der Waals surface area contributed by atoms with E-state index < -0.39 is 0 Å². The molecule has 1 aliphatic heterocycles. The summed E-state index contributed by atoms with van der Waals surface area (Å²) in [6.45, 7) is 9.89. The van der Waals surface area contributed by atoms with E-state index in [0.717, 1.165) is 24.3 Å². The first-order chi connectivity index (χ1) is 13.2. The third kappa shape index (κ3) is 5.06. The molecular weight excluding hydrogens is 388 g/mol. The summed E-state index contributed by atoms with van der Waals surface area (Å²) in [7, 11) is 2.08. The average molecular weight is 415 g/mol. The standard InChI is InChI=1S/C22H26N4O2.ClH/c1-14(2)28-19-7-6-15(8-16(19)10-23)21(27)25-18-9-17-12-26(5)13-22(3,4)20(17)24-11-18;/h6-9,11,14H,12-13H2,1-5H3,(H,25,27);1H. The molecule has 0 atom stereocenters. The SMILES string of the molecule is CC(C)Oc1ccc(C(=O)Nc2cnc3c(c2)CN(C)CC3(C)C)cc1C#N.Cl. The molecule has 1 amide bonds. The summed E-state index contributed by atoms with van der Waals surface area (Å²) in [5.41, 5.74) is 3.56. The summed E-state index contributed by atoms with van der Waals surface area (Å²) in [5, 5.41) is 12.2. The van der Waals surface area contributed by atoms with Crippen LogP contribution in [0.15, 0.2) is 30.5 Å². The van der Waals surface area contributed by atoms with Crippen molar-refractivity contribution in [1.82, 2.24) is 9.88 Å². The zero-order valence-electron chi connectivity index (χ0n) is 17.4. The van der Waals surface area contributed by atoms with E-state index >= 15 is 0 Å². The van der Waals surface area contributed by atoms with E-state index in [4.69, 9.17) is 4.74 Å². The van der Waals surface area contributed by atoms with Crippen LogP contribution in [-0.2, 0) is 12.0 Å². The van der Waals surface area contributed by atoms with E-state index in [1.807, 2.05) is 19.9 Å². The van der Waals surface area contributed by atoms with Crippen molar-refractivity contribution < 1.29 is 9.53 Å². The predicted molar refractivity (Wildman–Crippen MR) is 116 cm³/mol. The highest BCUT2D eigenvalue weighted by Gasteiger charge is 2.31. The van der Waals surface area contributed by atoms with Gasteiger partial charge in [-0.1, -0.05) is 13.8 Å². The fourth-order valence-corrected chi connectivity index (χ4v) is 3.72. The molecule has 0 unspecified atom stereocenters. The zero-order valence-corrected chi connectivity index (χ0v) is 18.3. The lowest BCUT2D eigenvalue weighted by Gasteiger charge is -2.37. The number of halogens is 1. The molecule has 7 heteroatoms. The quantitative estimate of drug-likeness (QED) is 0.813. The number of hydrogen-bond acceptors (Lipinski definition) is 5. The van der Waals surface area contributed by atoms with Crippen LogP contribution in [0.5, 0.6) is 5.75 Å². The molecule has 2 aromatic rings. The molecule has 0 saturated heterocycles. The first kappa shape index (κ1) is 22.7. The summed E-state index contributed by atoms with van der Waals surface area (Å²) in [5.74, 6) is 0.201. The van der Waals surface area contributed by atoms with E-state index in [0.29, 0.717) is 22.6 Å². The molecule has 0 spiro atoms. The van der Waals surface area contributed by atoms with Crippen LogP contribution < -0.4 is 10.1 Å². The van der Waals surface area contributed by atoms with Crippen LogP contribution in [0.25, 0.3) is 0 Å². The molecule has 2 heterocycles. The van der Waals surface area contributed by atoms with Crippen molar-refractivity contribution in [1.29, 1.82) is 5.26 Å². The van der Waals surface area contributed by atoms with Gasteiger partial charge in [-0.15, -0.1) is 12.4 Å². The van der Waals surface area contributed by atoms with E-state index in [2.05, 4.69) is 42.2 Å². The molecule has 0 aliphatic carbocycles. The Hall–Kier alpha value is -2.62. The Morgan fingerprint density at radius 3 is 2.72 bits per heavy atom. The van der Waals surface area contributed by atoms with E-state index in [9.17, 15) is 10.1 Å². The van der Waals surface area contributed by atoms with Crippen molar-refractivity contribution in [3.63, 3.8) is 0 Å². The first-order valence-electron chi connectivity index (χ1n) is 9.39. The molecule has 154 valence electrons. The van der Waals surface area contributed by atoms with Gasteiger partial charge in [0, 0.05) is 24.1 Å². The van der Waals surface area contributed by atoms with Gasteiger partial charge in [-0.3, -0.25) is 9.78 Å². The van der Waals surface area contributed by atoms with Crippen molar-refractivity contribution >= 4 is 24.0 Å². The van der Waals surface area contributed by atoms with Crippen LogP contribution >= 0.6 is 12.4 Å². The van der Waals surface area contributed by atoms with Crippen molar-refractivity contribution in [2.24, 2.45) is 0 Å². The van der Waals surface area contributed by atoms with Crippen LogP contribution in [0.4, 0.5) is 5.69 Å². The van der Waals surface area contributed by atoms with Gasteiger partial charge in [0.15, 0.2) is 0 Å². The third-order valence-corrected chi connectivity index (χ3v) is 4.70.